The van der Waals surface area contributed by atoms with Crippen LogP contribution in [0.3, 0.4) is 0 Å². The molecule has 0 spiro atoms. The number of aromatic nitrogens is 2. The number of amides is 1. The van der Waals surface area contributed by atoms with Gasteiger partial charge in [0.05, 0.1) is 5.69 Å². The lowest BCUT2D eigenvalue weighted by Gasteiger charge is -2.12. The van der Waals surface area contributed by atoms with E-state index >= 15 is 0 Å². The Balaban J connectivity index is 1.46. The van der Waals surface area contributed by atoms with Gasteiger partial charge in [-0.2, -0.15) is 0 Å². The SMILES string of the molecule is Cc1cc(-c2ccc(OC(F)(F)F)cc2)nc(Nc2ccc(C(=O)Nc3cc(CCl)ccc3C)cc2)n1. The summed E-state index contributed by atoms with van der Waals surface area (Å²) in [6.07, 6.45) is -4.76. The Bertz CT molecular complexity index is 1410. The van der Waals surface area contributed by atoms with Gasteiger partial charge in [-0.05, 0) is 85.6 Å². The average Bonchev–Trinajstić information content (AvgIpc) is 2.85. The van der Waals surface area contributed by atoms with Gasteiger partial charge in [0.2, 0.25) is 5.95 Å². The molecule has 0 atom stereocenters. The molecule has 37 heavy (non-hydrogen) atoms. The number of halogens is 4. The molecule has 1 aromatic heterocycles. The maximum atomic E-state index is 12.7. The van der Waals surface area contributed by atoms with E-state index in [0.717, 1.165) is 11.1 Å². The summed E-state index contributed by atoms with van der Waals surface area (Å²) in [6.45, 7) is 3.69. The zero-order valence-electron chi connectivity index (χ0n) is 19.9. The van der Waals surface area contributed by atoms with Crippen LogP contribution in [0, 0.1) is 13.8 Å². The predicted molar refractivity (Wildman–Crippen MR) is 137 cm³/mol. The average molecular weight is 527 g/mol. The summed E-state index contributed by atoms with van der Waals surface area (Å²) in [4.78, 5) is 21.6. The van der Waals surface area contributed by atoms with Gasteiger partial charge in [0, 0.05) is 34.1 Å². The van der Waals surface area contributed by atoms with Crippen molar-refractivity contribution in [3.63, 3.8) is 0 Å². The minimum absolute atomic E-state index is 0.256. The highest BCUT2D eigenvalue weighted by atomic mass is 35.5. The van der Waals surface area contributed by atoms with E-state index in [9.17, 15) is 18.0 Å². The van der Waals surface area contributed by atoms with Crippen molar-refractivity contribution in [3.05, 3.63) is 95.2 Å². The highest BCUT2D eigenvalue weighted by Crippen LogP contribution is 2.27. The fourth-order valence-corrected chi connectivity index (χ4v) is 3.68. The molecule has 6 nitrogen and oxygen atoms in total. The smallest absolute Gasteiger partial charge is 0.406 e. The molecule has 10 heteroatoms. The van der Waals surface area contributed by atoms with E-state index < -0.39 is 6.36 Å². The van der Waals surface area contributed by atoms with Gasteiger partial charge in [-0.3, -0.25) is 4.79 Å². The van der Waals surface area contributed by atoms with Crippen LogP contribution in [0.25, 0.3) is 11.3 Å². The number of carbonyl (C=O) groups excluding carboxylic acids is 1. The lowest BCUT2D eigenvalue weighted by atomic mass is 10.1. The van der Waals surface area contributed by atoms with E-state index in [1.54, 1.807) is 37.3 Å². The molecule has 2 N–H and O–H groups in total. The molecule has 3 aromatic carbocycles. The molecular weight excluding hydrogens is 505 g/mol. The molecule has 1 heterocycles. The molecule has 0 saturated heterocycles. The topological polar surface area (TPSA) is 76.1 Å². The van der Waals surface area contributed by atoms with Gasteiger partial charge in [0.15, 0.2) is 0 Å². The second kappa shape index (κ2) is 10.9. The molecule has 4 aromatic rings. The highest BCUT2D eigenvalue weighted by Gasteiger charge is 2.31. The van der Waals surface area contributed by atoms with Crippen LogP contribution in [0.1, 0.15) is 27.2 Å². The number of anilines is 3. The van der Waals surface area contributed by atoms with Crippen LogP contribution in [0.5, 0.6) is 5.75 Å². The van der Waals surface area contributed by atoms with E-state index in [1.165, 1.54) is 24.3 Å². The molecule has 1 amide bonds. The van der Waals surface area contributed by atoms with Crippen molar-refractivity contribution in [3.8, 4) is 17.0 Å². The van der Waals surface area contributed by atoms with Crippen molar-refractivity contribution in [2.24, 2.45) is 0 Å². The van der Waals surface area contributed by atoms with E-state index in [1.807, 2.05) is 25.1 Å². The molecule has 0 unspecified atom stereocenters. The normalized spacial score (nSPS) is 11.2. The zero-order chi connectivity index (χ0) is 26.6. The number of benzene rings is 3. The fourth-order valence-electron chi connectivity index (χ4n) is 3.52. The third-order valence-corrected chi connectivity index (χ3v) is 5.65. The Morgan fingerprint density at radius 1 is 0.946 bits per heavy atom. The molecule has 0 aliphatic rings. The number of nitrogens with one attached hydrogen (secondary N) is 2. The number of rotatable bonds is 7. The van der Waals surface area contributed by atoms with Gasteiger partial charge in [-0.1, -0.05) is 12.1 Å². The van der Waals surface area contributed by atoms with Gasteiger partial charge in [0.1, 0.15) is 5.75 Å². The van der Waals surface area contributed by atoms with Crippen LogP contribution in [0.4, 0.5) is 30.5 Å². The lowest BCUT2D eigenvalue weighted by molar-refractivity contribution is -0.274. The van der Waals surface area contributed by atoms with Gasteiger partial charge in [0.25, 0.3) is 5.91 Å². The third-order valence-electron chi connectivity index (χ3n) is 5.35. The minimum Gasteiger partial charge on any atom is -0.406 e. The van der Waals surface area contributed by atoms with Crippen LogP contribution < -0.4 is 15.4 Å². The molecule has 0 aliphatic heterocycles. The molecule has 0 saturated carbocycles. The van der Waals surface area contributed by atoms with Crippen LogP contribution in [-0.4, -0.2) is 22.2 Å². The Hall–Kier alpha value is -4.11. The largest absolute Gasteiger partial charge is 0.573 e. The Kier molecular flexibility index (Phi) is 7.63. The van der Waals surface area contributed by atoms with Gasteiger partial charge >= 0.3 is 6.36 Å². The van der Waals surface area contributed by atoms with Crippen LogP contribution in [-0.2, 0) is 5.88 Å². The summed E-state index contributed by atoms with van der Waals surface area (Å²) in [5.74, 6) is 0.0838. The van der Waals surface area contributed by atoms with E-state index in [2.05, 4.69) is 25.3 Å². The van der Waals surface area contributed by atoms with Crippen LogP contribution >= 0.6 is 11.6 Å². The molecular formula is C27H22ClF3N4O2. The first-order valence-electron chi connectivity index (χ1n) is 11.2. The van der Waals surface area contributed by atoms with Crippen molar-refractivity contribution in [1.82, 2.24) is 9.97 Å². The van der Waals surface area contributed by atoms with Gasteiger partial charge in [-0.25, -0.2) is 9.97 Å². The van der Waals surface area contributed by atoms with Gasteiger partial charge < -0.3 is 15.4 Å². The van der Waals surface area contributed by atoms with E-state index in [0.29, 0.717) is 45.7 Å². The minimum atomic E-state index is -4.76. The highest BCUT2D eigenvalue weighted by molar-refractivity contribution is 6.17. The quantitative estimate of drug-likeness (QED) is 0.245. The number of aryl methyl sites for hydroxylation is 2. The first-order valence-corrected chi connectivity index (χ1v) is 11.7. The Morgan fingerprint density at radius 3 is 2.30 bits per heavy atom. The first kappa shape index (κ1) is 26.0. The summed E-state index contributed by atoms with van der Waals surface area (Å²) < 4.78 is 41.1. The van der Waals surface area contributed by atoms with Crippen molar-refractivity contribution < 1.29 is 22.7 Å². The van der Waals surface area contributed by atoms with E-state index in [4.69, 9.17) is 11.6 Å². The number of hydrogen-bond acceptors (Lipinski definition) is 5. The molecule has 0 fully saturated rings. The van der Waals surface area contributed by atoms with Crippen molar-refractivity contribution in [1.29, 1.82) is 0 Å². The summed E-state index contributed by atoms with van der Waals surface area (Å²) in [5.41, 5.74) is 5.44. The van der Waals surface area contributed by atoms with E-state index in [-0.39, 0.29) is 11.7 Å². The third kappa shape index (κ3) is 6.98. The number of carbonyl (C=O) groups is 1. The van der Waals surface area contributed by atoms with Crippen molar-refractivity contribution >= 4 is 34.8 Å². The van der Waals surface area contributed by atoms with Crippen molar-refractivity contribution in [2.45, 2.75) is 26.1 Å². The number of nitrogens with zero attached hydrogens (tertiary/aromatic N) is 2. The summed E-state index contributed by atoms with van der Waals surface area (Å²) in [5, 5.41) is 6.00. The molecule has 0 radical (unpaired) electrons. The van der Waals surface area contributed by atoms with Crippen molar-refractivity contribution in [2.75, 3.05) is 10.6 Å². The number of ether oxygens (including phenoxy) is 1. The van der Waals surface area contributed by atoms with Crippen LogP contribution in [0.2, 0.25) is 0 Å². The molecule has 4 rings (SSSR count). The number of alkyl halides is 4. The summed E-state index contributed by atoms with van der Waals surface area (Å²) in [7, 11) is 0. The molecule has 0 bridgehead atoms. The maximum absolute atomic E-state index is 12.7. The molecule has 0 aliphatic carbocycles. The van der Waals surface area contributed by atoms with Gasteiger partial charge in [-0.15, -0.1) is 24.8 Å². The summed E-state index contributed by atoms with van der Waals surface area (Å²) >= 11 is 5.90. The number of hydrogen-bond donors (Lipinski definition) is 2. The first-order chi connectivity index (χ1) is 17.6. The Morgan fingerprint density at radius 2 is 1.65 bits per heavy atom. The second-order valence-electron chi connectivity index (χ2n) is 8.23. The zero-order valence-corrected chi connectivity index (χ0v) is 20.6. The predicted octanol–water partition coefficient (Wildman–Crippen LogP) is 7.39. The summed E-state index contributed by atoms with van der Waals surface area (Å²) in [6, 6.07) is 19.6. The lowest BCUT2D eigenvalue weighted by Crippen LogP contribution is -2.16. The monoisotopic (exact) mass is 526 g/mol. The van der Waals surface area contributed by atoms with Crippen LogP contribution in [0.15, 0.2) is 72.8 Å². The standard InChI is InChI=1S/C27H22ClF3N4O2/c1-16-3-4-18(15-28)14-23(16)34-25(36)20-5-9-21(10-6-20)33-26-32-17(2)13-24(35-26)19-7-11-22(12-8-19)37-27(29,30)31/h3-14H,15H2,1-2H3,(H,34,36)(H,32,33,35). The fraction of sp³-hybridized carbons (Fsp3) is 0.148. The Labute approximate surface area is 216 Å². The molecule has 190 valence electrons. The second-order valence-corrected chi connectivity index (χ2v) is 8.50. The maximum Gasteiger partial charge on any atom is 0.573 e.